The van der Waals surface area contributed by atoms with Gasteiger partial charge in [-0.3, -0.25) is 0 Å². The van der Waals surface area contributed by atoms with Gasteiger partial charge in [-0.15, -0.1) is 116 Å². The van der Waals surface area contributed by atoms with Crippen molar-refractivity contribution in [2.75, 3.05) is 0 Å². The second-order valence-corrected chi connectivity index (χ2v) is 36.2. The quantitative estimate of drug-likeness (QED) is 0.0582. The minimum atomic E-state index is 0. The Hall–Kier alpha value is -13.1. The zero-order chi connectivity index (χ0) is 99.8. The third-order valence-corrected chi connectivity index (χ3v) is 28.3. The van der Waals surface area contributed by atoms with Crippen LogP contribution in [-0.2, 0) is 135 Å². The Morgan fingerprint density at radius 3 is 0.493 bits per heavy atom. The molecule has 17 heterocycles. The number of allylic oxidation sites excluding steroid dienone is 8. The first-order valence-corrected chi connectivity index (χ1v) is 51.7. The van der Waals surface area contributed by atoms with Crippen LogP contribution in [0.3, 0.4) is 0 Å². The summed E-state index contributed by atoms with van der Waals surface area (Å²) in [5.74, 6) is 4.42. The Labute approximate surface area is 926 Å². The zero-order valence-electron chi connectivity index (χ0n) is 86.7. The number of amidine groups is 8. The van der Waals surface area contributed by atoms with Crippen molar-refractivity contribution in [2.24, 2.45) is 39.9 Å². The summed E-state index contributed by atoms with van der Waals surface area (Å²) in [7, 11) is 0. The van der Waals surface area contributed by atoms with Gasteiger partial charge in [0.25, 0.3) is 0 Å². The number of aliphatic imine (C=N–C) groups is 8. The summed E-state index contributed by atoms with van der Waals surface area (Å²) >= 11 is 0. The Kier molecular flexibility index (Phi) is 36.4. The molecule has 8 aromatic heterocycles. The number of hydrogen-bond acceptors (Lipinski definition) is 14. The van der Waals surface area contributed by atoms with Crippen LogP contribution in [0, 0.1) is 12.1 Å². The smallest absolute Gasteiger partial charge is 0.657 e. The number of fused-ring (bicyclic) bond motifs is 32. The van der Waals surface area contributed by atoms with Crippen molar-refractivity contribution < 1.29 is 83.6 Å². The fourth-order valence-electron chi connectivity index (χ4n) is 21.5. The maximum absolute atomic E-state index is 5.25. The first kappa shape index (κ1) is 109. The van der Waals surface area contributed by atoms with Crippen molar-refractivity contribution >= 4 is 135 Å². The second-order valence-electron chi connectivity index (χ2n) is 36.2. The minimum absolute atomic E-state index is 0. The van der Waals surface area contributed by atoms with Crippen LogP contribution in [0.4, 0.5) is 0 Å². The normalized spacial score (nSPS) is 13.6. The monoisotopic (exact) mass is 2580 g/mol. The van der Waals surface area contributed by atoms with Crippen LogP contribution in [-0.4, -0.2) is 76.6 Å². The Bertz CT molecular complexity index is 6980. The molecule has 9 aliphatic heterocycles. The number of nitrogens with zero attached hydrogens (tertiary/aromatic N) is 18. The maximum Gasteiger partial charge on any atom is 2.00 e. The molecule has 0 saturated heterocycles. The zero-order valence-corrected chi connectivity index (χ0v) is 95.1. The van der Waals surface area contributed by atoms with E-state index in [0.29, 0.717) is 46.7 Å². The van der Waals surface area contributed by atoms with Gasteiger partial charge in [-0.05, 0) is 171 Å². The minimum Gasteiger partial charge on any atom is -0.657 e. The summed E-state index contributed by atoms with van der Waals surface area (Å²) in [5.41, 5.74) is 49.4. The average molecular weight is 2580 g/mol. The van der Waals surface area contributed by atoms with E-state index in [4.69, 9.17) is 79.8 Å². The van der Waals surface area contributed by atoms with Crippen molar-refractivity contribution in [2.45, 2.75) is 214 Å². The molecule has 0 N–H and O–H groups in total. The molecule has 22 heteroatoms. The SMILES string of the molecule is CCC1=C(CC)c2cc3[n-]c(cc4nc(cc5[n-]c(cc1n2)c(CC)c5CC)C(CC)=C4CC)c(CC)c3CC.CCC1=C(CC)c2cc3[n-]c(cc4nc(cc5[n-]c(cc1n2)c(CC)c5CC)C(CC)=C4CC)c(CC)c3CC.[Pd+2].[Pt+2].[Pt+2].[Pt].[c-]1ccccc1-c1ccccn1.[c-]1ccccc1-c1ccccn1.c1ccc2c(c1)C1=NC2=NC2=NC(=NC3=NC(=NC4=NC(=N1)c1ccccc14)c1ccccc13)c1ccccc12. The first-order chi connectivity index (χ1) is 70.6. The molecule has 0 spiro atoms. The number of aryl methyl sites for hydroxylation is 8. The second kappa shape index (κ2) is 49.4. The summed E-state index contributed by atoms with van der Waals surface area (Å²) < 4.78 is 0. The Balaban J connectivity index is 0.000000147. The van der Waals surface area contributed by atoms with Gasteiger partial charge in [0.2, 0.25) is 0 Å². The third kappa shape index (κ3) is 21.6. The fourth-order valence-corrected chi connectivity index (χ4v) is 21.5. The summed E-state index contributed by atoms with van der Waals surface area (Å²) in [6.07, 6.45) is 18.8. The predicted molar refractivity (Wildman–Crippen MR) is 598 cm³/mol. The summed E-state index contributed by atoms with van der Waals surface area (Å²) in [6, 6.07) is 83.4. The molecule has 23 rings (SSSR count). The standard InChI is InChI=1S/2C36H44N4.C32H16N8.2C11H8N.Pd.3Pt/c2*1-9-21-22(10-2)30-18-32-25(13-5)26(14-6)34(39-32)20-36-28(16-8)27(15-7)35(40-36)19-33-24(12-4)23(11-3)31(38-33)17-29(21)37-30;1-2-10-18-17(9-1)25-33-26(18)38-28-21-13-5-6-14-22(21)30(35-28)40-32-24-16-8-7-15-23(24)31(36-32)39-29-20-12-4-3-11-19(20)27(34-29)37-25;2*1-2-6-10(7-3-1)11-8-4-5-9-12-11;;;;/h2*17-20H,9-16H2,1-8H3;1-16H;2*1-6,8-9H;;;;/q2*-2;;2*-1;+2;;2*+2. The van der Waals surface area contributed by atoms with Crippen molar-refractivity contribution in [3.05, 3.63) is 390 Å². The van der Waals surface area contributed by atoms with Crippen LogP contribution in [0.2, 0.25) is 0 Å². The van der Waals surface area contributed by atoms with Gasteiger partial charge >= 0.3 is 62.6 Å². The molecule has 9 aliphatic rings. The van der Waals surface area contributed by atoms with E-state index in [1.807, 2.05) is 182 Å². The van der Waals surface area contributed by atoms with Gasteiger partial charge in [0, 0.05) is 78.0 Å². The molecule has 18 nitrogen and oxygen atoms in total. The molecule has 148 heavy (non-hydrogen) atoms. The molecule has 0 amide bonds. The molecule has 0 atom stereocenters. The number of pyridine rings is 2. The molecule has 0 saturated carbocycles. The molecule has 0 radical (unpaired) electrons. The van der Waals surface area contributed by atoms with Gasteiger partial charge in [0.15, 0.2) is 46.7 Å². The van der Waals surface area contributed by atoms with Crippen molar-refractivity contribution in [1.82, 2.24) is 49.8 Å². The van der Waals surface area contributed by atoms with Crippen LogP contribution in [0.25, 0.3) is 111 Å². The van der Waals surface area contributed by atoms with E-state index in [0.717, 1.165) is 259 Å². The molecular formula is C126H120N18PdPt3. The van der Waals surface area contributed by atoms with Crippen molar-refractivity contribution in [3.8, 4) is 22.5 Å². The predicted octanol–water partition coefficient (Wildman–Crippen LogP) is 28.5. The van der Waals surface area contributed by atoms with Crippen LogP contribution >= 0.6 is 0 Å². The van der Waals surface area contributed by atoms with Crippen LogP contribution < -0.4 is 19.9 Å². The Morgan fingerprint density at radius 1 is 0.196 bits per heavy atom. The molecule has 14 aromatic rings. The molecule has 0 fully saturated rings. The van der Waals surface area contributed by atoms with Gasteiger partial charge in [0.05, 0.1) is 45.6 Å². The van der Waals surface area contributed by atoms with E-state index in [9.17, 15) is 0 Å². The van der Waals surface area contributed by atoms with Gasteiger partial charge in [0.1, 0.15) is 0 Å². The third-order valence-electron chi connectivity index (χ3n) is 28.3. The van der Waals surface area contributed by atoms with Crippen LogP contribution in [0.5, 0.6) is 0 Å². The van der Waals surface area contributed by atoms with Gasteiger partial charge < -0.3 is 29.9 Å². The van der Waals surface area contributed by atoms with Crippen LogP contribution in [0.15, 0.2) is 283 Å². The Morgan fingerprint density at radius 2 is 0.358 bits per heavy atom. The van der Waals surface area contributed by atoms with Crippen LogP contribution in [0.1, 0.15) is 297 Å². The molecule has 24 bridgehead atoms. The summed E-state index contributed by atoms with van der Waals surface area (Å²) in [4.78, 5) is 89.7. The molecule has 754 valence electrons. The first-order valence-electron chi connectivity index (χ1n) is 51.7. The van der Waals surface area contributed by atoms with E-state index in [-0.39, 0.29) is 83.6 Å². The molecule has 6 aromatic carbocycles. The van der Waals surface area contributed by atoms with E-state index in [1.165, 1.54) is 89.1 Å². The largest absolute Gasteiger partial charge is 2.00 e. The number of rotatable bonds is 18. The molecule has 0 unspecified atom stereocenters. The number of aromatic nitrogens is 10. The van der Waals surface area contributed by atoms with Crippen molar-refractivity contribution in [1.29, 1.82) is 0 Å². The van der Waals surface area contributed by atoms with Gasteiger partial charge in [-0.2, -0.15) is 0 Å². The summed E-state index contributed by atoms with van der Waals surface area (Å²) in [5, 5.41) is 0. The van der Waals surface area contributed by atoms with E-state index < -0.39 is 0 Å². The van der Waals surface area contributed by atoms with E-state index in [1.54, 1.807) is 12.4 Å². The van der Waals surface area contributed by atoms with E-state index in [2.05, 4.69) is 181 Å². The molecule has 0 aliphatic carbocycles. The summed E-state index contributed by atoms with van der Waals surface area (Å²) in [6.45, 7) is 35.9. The van der Waals surface area contributed by atoms with Gasteiger partial charge in [-0.25, -0.2) is 59.9 Å². The number of benzene rings is 6. The van der Waals surface area contributed by atoms with E-state index >= 15 is 0 Å². The van der Waals surface area contributed by atoms with Crippen molar-refractivity contribution in [3.63, 3.8) is 0 Å². The number of hydrogen-bond donors (Lipinski definition) is 0. The molecular weight excluding hydrogens is 2460 g/mol. The topological polar surface area (TPSA) is 233 Å². The maximum atomic E-state index is 5.25. The average Bonchev–Trinajstić information content (AvgIpc) is 1.59. The fraction of sp³-hybridized carbons (Fsp3) is 0.254. The van der Waals surface area contributed by atoms with Gasteiger partial charge in [-0.1, -0.05) is 325 Å².